The average molecular weight is 724 g/mol. The highest BCUT2D eigenvalue weighted by Gasteiger charge is 2.56. The van der Waals surface area contributed by atoms with E-state index in [1.54, 1.807) is 6.92 Å². The lowest BCUT2D eigenvalue weighted by Gasteiger charge is -2.30. The van der Waals surface area contributed by atoms with E-state index in [0.29, 0.717) is 15.5 Å². The molecule has 1 saturated heterocycles. The second-order valence-corrected chi connectivity index (χ2v) is 13.0. The van der Waals surface area contributed by atoms with Crippen LogP contribution in [0.5, 0.6) is 11.5 Å². The fraction of sp³-hybridized carbons (Fsp3) is 0.250. The third kappa shape index (κ3) is 6.64. The molecule has 0 spiro atoms. The second-order valence-electron chi connectivity index (χ2n) is 10.8. The van der Waals surface area contributed by atoms with Gasteiger partial charge in [0, 0.05) is 10.8 Å². The summed E-state index contributed by atoms with van der Waals surface area (Å²) in [5.41, 5.74) is -2.37. The largest absolute Gasteiger partial charge is 0.490 e. The molecule has 2 aliphatic rings. The van der Waals surface area contributed by atoms with Crippen molar-refractivity contribution in [3.63, 3.8) is 0 Å². The minimum atomic E-state index is -4.72. The molecule has 3 atom stereocenters. The molecule has 49 heavy (non-hydrogen) atoms. The second kappa shape index (κ2) is 12.9. The number of nitrogens with zero attached hydrogens (tertiary/aromatic N) is 1. The van der Waals surface area contributed by atoms with E-state index in [1.165, 1.54) is 36.4 Å². The normalized spacial score (nSPS) is 19.0. The Bertz CT molecular complexity index is 2010. The summed E-state index contributed by atoms with van der Waals surface area (Å²) < 4.78 is 91.9. The highest BCUT2D eigenvalue weighted by Crippen LogP contribution is 2.54. The molecule has 3 unspecified atom stereocenters. The molecule has 1 aromatic heterocycles. The van der Waals surface area contributed by atoms with Crippen LogP contribution in [0.25, 0.3) is 0 Å². The Morgan fingerprint density at radius 3 is 2.37 bits per heavy atom. The number of halogens is 6. The van der Waals surface area contributed by atoms with Gasteiger partial charge in [-0.25, -0.2) is 4.90 Å². The van der Waals surface area contributed by atoms with Gasteiger partial charge in [0.15, 0.2) is 18.1 Å². The number of aromatic amines is 1. The van der Waals surface area contributed by atoms with E-state index >= 15 is 0 Å². The summed E-state index contributed by atoms with van der Waals surface area (Å²) in [5, 5.41) is 1.44. The molecule has 3 aromatic carbocycles. The number of H-pyrrole nitrogens is 1. The molecular weight excluding hydrogens is 700 g/mol. The minimum absolute atomic E-state index is 0.0356. The van der Waals surface area contributed by atoms with Crippen LogP contribution in [0, 0.1) is 5.92 Å². The summed E-state index contributed by atoms with van der Waals surface area (Å²) in [5.74, 6) is -4.29. The van der Waals surface area contributed by atoms with Crippen molar-refractivity contribution in [2.24, 2.45) is 5.92 Å². The van der Waals surface area contributed by atoms with Crippen LogP contribution in [0.1, 0.15) is 34.4 Å². The maximum absolute atomic E-state index is 14.0. The number of aromatic nitrogens is 1. The standard InChI is InChI=1S/C32H23F6N3O6S2/c1-2-46-21-12-15(10-11-20(21)47-14-22(42)39-19-9-4-3-8-18(19)32(36,37)38)23-24-26(48-27-25(23)49-30(45)40-27)29(44)41(28(24)43)17-7-5-6-16(13-17)31(33,34)35/h3-13,23-24,26H,2,14H2,1H3,(H,39,42)(H,40,45). The first kappa shape index (κ1) is 34.1. The van der Waals surface area contributed by atoms with E-state index in [9.17, 15) is 45.5 Å². The number of hydrogen-bond acceptors (Lipinski definition) is 8. The van der Waals surface area contributed by atoms with E-state index in [4.69, 9.17) is 9.47 Å². The van der Waals surface area contributed by atoms with E-state index < -0.39 is 75.5 Å². The van der Waals surface area contributed by atoms with Gasteiger partial charge in [-0.05, 0) is 55.0 Å². The van der Waals surface area contributed by atoms with Gasteiger partial charge in [0.1, 0.15) is 5.25 Å². The SMILES string of the molecule is CCOc1cc(C2c3sc(=O)[nH]c3SC3C(=O)N(c4cccc(C(F)(F)F)c4)C(=O)C32)ccc1OCC(=O)Nc1ccccc1C(F)(F)F. The quantitative estimate of drug-likeness (QED) is 0.154. The number of thiazole rings is 1. The van der Waals surface area contributed by atoms with Crippen LogP contribution >= 0.6 is 23.1 Å². The molecule has 2 N–H and O–H groups in total. The topological polar surface area (TPSA) is 118 Å². The maximum Gasteiger partial charge on any atom is 0.418 e. The molecule has 9 nitrogen and oxygen atoms in total. The summed E-state index contributed by atoms with van der Waals surface area (Å²) in [4.78, 5) is 56.0. The van der Waals surface area contributed by atoms with Gasteiger partial charge >= 0.3 is 17.2 Å². The molecule has 3 heterocycles. The van der Waals surface area contributed by atoms with E-state index in [0.717, 1.165) is 58.3 Å². The Hall–Kier alpha value is -4.77. The monoisotopic (exact) mass is 723 g/mol. The van der Waals surface area contributed by atoms with E-state index in [2.05, 4.69) is 10.3 Å². The van der Waals surface area contributed by atoms with Crippen molar-refractivity contribution in [3.05, 3.63) is 98.0 Å². The predicted molar refractivity (Wildman–Crippen MR) is 167 cm³/mol. The molecule has 3 amide bonds. The number of fused-ring (bicyclic) bond motifs is 2. The van der Waals surface area contributed by atoms with Crippen LogP contribution in [0.4, 0.5) is 37.7 Å². The molecule has 0 radical (unpaired) electrons. The number of hydrogen-bond donors (Lipinski definition) is 2. The Morgan fingerprint density at radius 2 is 1.65 bits per heavy atom. The molecule has 0 bridgehead atoms. The summed E-state index contributed by atoms with van der Waals surface area (Å²) in [6, 6.07) is 12.7. The number of rotatable bonds is 8. The van der Waals surface area contributed by atoms with Gasteiger partial charge in [0.05, 0.1) is 40.1 Å². The summed E-state index contributed by atoms with van der Waals surface area (Å²) in [7, 11) is 0. The van der Waals surface area contributed by atoms with Crippen molar-refractivity contribution in [1.82, 2.24) is 4.98 Å². The van der Waals surface area contributed by atoms with Gasteiger partial charge in [0.25, 0.3) is 5.91 Å². The minimum Gasteiger partial charge on any atom is -0.490 e. The molecule has 4 aromatic rings. The maximum atomic E-state index is 14.0. The smallest absolute Gasteiger partial charge is 0.418 e. The molecule has 0 aliphatic carbocycles. The lowest BCUT2D eigenvalue weighted by atomic mass is 9.83. The molecule has 256 valence electrons. The molecule has 1 fully saturated rings. The van der Waals surface area contributed by atoms with E-state index in [1.807, 2.05) is 0 Å². The van der Waals surface area contributed by atoms with Gasteiger partial charge in [-0.3, -0.25) is 19.2 Å². The predicted octanol–water partition coefficient (Wildman–Crippen LogP) is 6.69. The first-order chi connectivity index (χ1) is 23.2. The Morgan fingerprint density at radius 1 is 0.898 bits per heavy atom. The highest BCUT2D eigenvalue weighted by molar-refractivity contribution is 8.00. The van der Waals surface area contributed by atoms with Crippen molar-refractivity contribution in [1.29, 1.82) is 0 Å². The molecule has 2 aliphatic heterocycles. The van der Waals surface area contributed by atoms with Crippen molar-refractivity contribution in [3.8, 4) is 11.5 Å². The average Bonchev–Trinajstić information content (AvgIpc) is 3.53. The van der Waals surface area contributed by atoms with Gasteiger partial charge in [0.2, 0.25) is 11.8 Å². The zero-order valence-corrected chi connectivity index (χ0v) is 26.6. The fourth-order valence-corrected chi connectivity index (χ4v) is 8.24. The Labute approximate surface area is 281 Å². The van der Waals surface area contributed by atoms with Crippen LogP contribution in [0.15, 0.2) is 76.6 Å². The zero-order chi connectivity index (χ0) is 35.2. The lowest BCUT2D eigenvalue weighted by Crippen LogP contribution is -2.32. The van der Waals surface area contributed by atoms with Crippen LogP contribution < -0.4 is 24.6 Å². The first-order valence-corrected chi connectivity index (χ1v) is 16.2. The van der Waals surface area contributed by atoms with Crippen LogP contribution in [-0.4, -0.2) is 41.2 Å². The van der Waals surface area contributed by atoms with Crippen LogP contribution in [0.2, 0.25) is 0 Å². The van der Waals surface area contributed by atoms with Gasteiger partial charge in [-0.1, -0.05) is 47.4 Å². The van der Waals surface area contributed by atoms with Crippen LogP contribution in [0.3, 0.4) is 0 Å². The number of alkyl halides is 6. The number of imide groups is 1. The first-order valence-electron chi connectivity index (χ1n) is 14.5. The molecule has 6 rings (SSSR count). The van der Waals surface area contributed by atoms with Crippen LogP contribution in [-0.2, 0) is 26.7 Å². The number of amides is 3. The zero-order valence-electron chi connectivity index (χ0n) is 25.0. The van der Waals surface area contributed by atoms with Crippen molar-refractivity contribution >= 4 is 52.2 Å². The number of thioether (sulfide) groups is 1. The Kier molecular flexibility index (Phi) is 9.00. The fourth-order valence-electron chi connectivity index (χ4n) is 5.73. The Balaban J connectivity index is 1.30. The van der Waals surface area contributed by atoms with Crippen molar-refractivity contribution in [2.45, 2.75) is 35.5 Å². The summed E-state index contributed by atoms with van der Waals surface area (Å²) in [6.07, 6.45) is -9.43. The number of carbonyl (C=O) groups is 3. The molecule has 17 heteroatoms. The third-order valence-electron chi connectivity index (χ3n) is 7.75. The number of anilines is 2. The number of ether oxygens (including phenoxy) is 2. The van der Waals surface area contributed by atoms with Gasteiger partial charge in [-0.15, -0.1) is 0 Å². The third-order valence-corrected chi connectivity index (χ3v) is 10.1. The molecule has 0 saturated carbocycles. The van der Waals surface area contributed by atoms with E-state index in [-0.39, 0.29) is 23.8 Å². The number of nitrogens with one attached hydrogen (secondary N) is 2. The van der Waals surface area contributed by atoms with Crippen molar-refractivity contribution in [2.75, 3.05) is 23.4 Å². The number of para-hydroxylation sites is 1. The van der Waals surface area contributed by atoms with Crippen molar-refractivity contribution < 1.29 is 50.2 Å². The summed E-state index contributed by atoms with van der Waals surface area (Å²) >= 11 is 1.77. The lowest BCUT2D eigenvalue weighted by molar-refractivity contribution is -0.138. The number of carbonyl (C=O) groups excluding carboxylic acids is 3. The molecular formula is C32H23F6N3O6S2. The van der Waals surface area contributed by atoms with Gasteiger partial charge < -0.3 is 19.8 Å². The van der Waals surface area contributed by atoms with Gasteiger partial charge in [-0.2, -0.15) is 26.3 Å². The highest BCUT2D eigenvalue weighted by atomic mass is 32.2. The number of benzene rings is 3. The summed E-state index contributed by atoms with van der Waals surface area (Å²) in [6.45, 7) is 1.08.